The molecule has 7 heteroatoms. The van der Waals surface area contributed by atoms with Crippen molar-refractivity contribution in [1.29, 1.82) is 0 Å². The van der Waals surface area contributed by atoms with Gasteiger partial charge in [0, 0.05) is 29.2 Å². The second kappa shape index (κ2) is 6.65. The van der Waals surface area contributed by atoms with Gasteiger partial charge >= 0.3 is 5.97 Å². The number of aliphatic carboxylic acids is 1. The molecule has 24 heavy (non-hydrogen) atoms. The van der Waals surface area contributed by atoms with E-state index in [1.165, 1.54) is 0 Å². The van der Waals surface area contributed by atoms with Gasteiger partial charge in [-0.05, 0) is 31.9 Å². The monoisotopic (exact) mass is 348 g/mol. The van der Waals surface area contributed by atoms with E-state index >= 15 is 0 Å². The fourth-order valence-corrected chi connectivity index (χ4v) is 3.25. The maximum absolute atomic E-state index is 12.7. The van der Waals surface area contributed by atoms with Crippen molar-refractivity contribution in [2.45, 2.75) is 25.8 Å². The molecule has 1 saturated heterocycles. The highest BCUT2D eigenvalue weighted by Gasteiger charge is 2.36. The van der Waals surface area contributed by atoms with Crippen LogP contribution in [-0.2, 0) is 4.79 Å². The summed E-state index contributed by atoms with van der Waals surface area (Å²) >= 11 is 5.96. The number of carboxylic acid groups (broad SMARTS) is 1. The second-order valence-corrected chi connectivity index (χ2v) is 6.35. The lowest BCUT2D eigenvalue weighted by molar-refractivity contribution is -0.144. The summed E-state index contributed by atoms with van der Waals surface area (Å²) in [7, 11) is 0. The first kappa shape index (κ1) is 16.5. The number of likely N-dealkylation sites (tertiary alicyclic amines) is 1. The molecule has 1 aromatic carbocycles. The van der Waals surface area contributed by atoms with Crippen molar-refractivity contribution < 1.29 is 19.2 Å². The maximum Gasteiger partial charge on any atom is 0.308 e. The van der Waals surface area contributed by atoms with Gasteiger partial charge in [0.1, 0.15) is 0 Å². The Balaban J connectivity index is 1.82. The lowest BCUT2D eigenvalue weighted by atomic mass is 9.90. The van der Waals surface area contributed by atoms with Crippen molar-refractivity contribution in [3.63, 3.8) is 0 Å². The maximum atomic E-state index is 12.7. The van der Waals surface area contributed by atoms with Crippen molar-refractivity contribution in [2.75, 3.05) is 6.54 Å². The lowest BCUT2D eigenvalue weighted by Crippen LogP contribution is -2.49. The largest absolute Gasteiger partial charge is 0.481 e. The molecule has 0 unspecified atom stereocenters. The first-order chi connectivity index (χ1) is 11.5. The van der Waals surface area contributed by atoms with Crippen LogP contribution in [0.15, 0.2) is 34.9 Å². The Labute approximate surface area is 144 Å². The van der Waals surface area contributed by atoms with Crippen LogP contribution in [0.5, 0.6) is 0 Å². The van der Waals surface area contributed by atoms with Crippen LogP contribution in [0, 0.1) is 5.92 Å². The van der Waals surface area contributed by atoms with Gasteiger partial charge in [0.05, 0.1) is 5.92 Å². The van der Waals surface area contributed by atoms with Crippen molar-refractivity contribution in [2.24, 2.45) is 5.92 Å². The standard InChI is InChI=1S/C17H17ClN2O4/c1-10-13(17(22)23)6-3-7-20(10)16(21)14-9-15(24-19-14)11-4-2-5-12(18)8-11/h2,4-5,8-10,13H,3,6-7H2,1H3,(H,22,23)/t10-,13-/m1/s1. The minimum atomic E-state index is -0.875. The molecule has 1 aliphatic heterocycles. The van der Waals surface area contributed by atoms with Gasteiger partial charge in [0.25, 0.3) is 5.91 Å². The summed E-state index contributed by atoms with van der Waals surface area (Å²) < 4.78 is 5.25. The topological polar surface area (TPSA) is 83.6 Å². The van der Waals surface area contributed by atoms with Gasteiger partial charge in [-0.2, -0.15) is 0 Å². The smallest absolute Gasteiger partial charge is 0.308 e. The summed E-state index contributed by atoms with van der Waals surface area (Å²) in [4.78, 5) is 25.5. The van der Waals surface area contributed by atoms with E-state index in [0.717, 1.165) is 5.56 Å². The number of hydrogen-bond donors (Lipinski definition) is 1. The molecule has 2 atom stereocenters. The molecule has 3 rings (SSSR count). The number of amides is 1. The van der Waals surface area contributed by atoms with E-state index < -0.39 is 11.9 Å². The van der Waals surface area contributed by atoms with E-state index in [9.17, 15) is 14.7 Å². The average Bonchev–Trinajstić information content (AvgIpc) is 3.04. The van der Waals surface area contributed by atoms with Crippen LogP contribution in [0.4, 0.5) is 0 Å². The molecule has 126 valence electrons. The predicted octanol–water partition coefficient (Wildman–Crippen LogP) is 3.32. The first-order valence-corrected chi connectivity index (χ1v) is 8.11. The number of piperidine rings is 1. The van der Waals surface area contributed by atoms with Gasteiger partial charge < -0.3 is 14.5 Å². The Bertz CT molecular complexity index is 773. The van der Waals surface area contributed by atoms with Crippen molar-refractivity contribution in [1.82, 2.24) is 10.1 Å². The lowest BCUT2D eigenvalue weighted by Gasteiger charge is -2.36. The predicted molar refractivity (Wildman–Crippen MR) is 87.8 cm³/mol. The second-order valence-electron chi connectivity index (χ2n) is 5.91. The molecule has 2 aromatic rings. The molecule has 6 nitrogen and oxygen atoms in total. The van der Waals surface area contributed by atoms with E-state index in [-0.39, 0.29) is 17.6 Å². The molecule has 1 aromatic heterocycles. The number of carbonyl (C=O) groups is 2. The van der Waals surface area contributed by atoms with E-state index in [0.29, 0.717) is 30.2 Å². The molecule has 0 saturated carbocycles. The average molecular weight is 349 g/mol. The normalized spacial score (nSPS) is 20.8. The van der Waals surface area contributed by atoms with Gasteiger partial charge in [0.2, 0.25) is 0 Å². The van der Waals surface area contributed by atoms with E-state index in [1.807, 2.05) is 6.07 Å². The van der Waals surface area contributed by atoms with Crippen LogP contribution in [-0.4, -0.2) is 39.6 Å². The highest BCUT2D eigenvalue weighted by molar-refractivity contribution is 6.30. The Morgan fingerprint density at radius 2 is 2.17 bits per heavy atom. The van der Waals surface area contributed by atoms with Crippen molar-refractivity contribution in [3.05, 3.63) is 41.0 Å². The fourth-order valence-electron chi connectivity index (χ4n) is 3.06. The number of aromatic nitrogens is 1. The van der Waals surface area contributed by atoms with Gasteiger partial charge in [-0.1, -0.05) is 28.9 Å². The first-order valence-electron chi connectivity index (χ1n) is 7.74. The quantitative estimate of drug-likeness (QED) is 0.919. The minimum absolute atomic E-state index is 0.169. The SMILES string of the molecule is C[C@@H]1[C@H](C(=O)O)CCCN1C(=O)c1cc(-c2cccc(Cl)c2)on1. The fraction of sp³-hybridized carbons (Fsp3) is 0.353. The molecule has 1 fully saturated rings. The van der Waals surface area contributed by atoms with Crippen LogP contribution >= 0.6 is 11.6 Å². The van der Waals surface area contributed by atoms with Crippen LogP contribution in [0.3, 0.4) is 0 Å². The van der Waals surface area contributed by atoms with E-state index in [1.54, 1.807) is 36.1 Å². The molecular weight excluding hydrogens is 332 g/mol. The third-order valence-corrected chi connectivity index (χ3v) is 4.64. The zero-order valence-corrected chi connectivity index (χ0v) is 13.9. The molecule has 0 spiro atoms. The third kappa shape index (κ3) is 3.14. The highest BCUT2D eigenvalue weighted by atomic mass is 35.5. The van der Waals surface area contributed by atoms with E-state index in [2.05, 4.69) is 5.16 Å². The zero-order chi connectivity index (χ0) is 17.3. The Kier molecular flexibility index (Phi) is 4.57. The summed E-state index contributed by atoms with van der Waals surface area (Å²) in [5.74, 6) is -1.30. The van der Waals surface area contributed by atoms with Crippen LogP contribution in [0.2, 0.25) is 5.02 Å². The summed E-state index contributed by atoms with van der Waals surface area (Å²) in [6.45, 7) is 2.27. The number of halogens is 1. The Hall–Kier alpha value is -2.34. The molecule has 2 heterocycles. The molecule has 1 amide bonds. The van der Waals surface area contributed by atoms with Gasteiger partial charge in [0.15, 0.2) is 11.5 Å². The summed E-state index contributed by atoms with van der Waals surface area (Å²) in [5, 5.41) is 13.7. The summed E-state index contributed by atoms with van der Waals surface area (Å²) in [6, 6.07) is 8.24. The molecule has 1 N–H and O–H groups in total. The molecule has 0 aliphatic carbocycles. The highest BCUT2D eigenvalue weighted by Crippen LogP contribution is 2.27. The van der Waals surface area contributed by atoms with Crippen LogP contribution < -0.4 is 0 Å². The van der Waals surface area contributed by atoms with Crippen molar-refractivity contribution >= 4 is 23.5 Å². The van der Waals surface area contributed by atoms with Gasteiger partial charge in [-0.3, -0.25) is 9.59 Å². The number of carbonyl (C=O) groups excluding carboxylic acids is 1. The number of hydrogen-bond acceptors (Lipinski definition) is 4. The van der Waals surface area contributed by atoms with Crippen LogP contribution in [0.25, 0.3) is 11.3 Å². The number of benzene rings is 1. The molecule has 0 radical (unpaired) electrons. The number of rotatable bonds is 3. The van der Waals surface area contributed by atoms with Gasteiger partial charge in [-0.25, -0.2) is 0 Å². The summed E-state index contributed by atoms with van der Waals surface area (Å²) in [6.07, 6.45) is 1.24. The molecular formula is C17H17ClN2O4. The molecule has 1 aliphatic rings. The van der Waals surface area contributed by atoms with Crippen LogP contribution in [0.1, 0.15) is 30.3 Å². The van der Waals surface area contributed by atoms with E-state index in [4.69, 9.17) is 16.1 Å². The van der Waals surface area contributed by atoms with Crippen molar-refractivity contribution in [3.8, 4) is 11.3 Å². The minimum Gasteiger partial charge on any atom is -0.481 e. The number of carboxylic acids is 1. The van der Waals surface area contributed by atoms with Gasteiger partial charge in [-0.15, -0.1) is 0 Å². The molecule has 0 bridgehead atoms. The zero-order valence-electron chi connectivity index (χ0n) is 13.1. The summed E-state index contributed by atoms with van der Waals surface area (Å²) in [5.41, 5.74) is 0.895. The number of nitrogens with zero attached hydrogens (tertiary/aromatic N) is 2. The third-order valence-electron chi connectivity index (χ3n) is 4.40. The Morgan fingerprint density at radius 1 is 1.38 bits per heavy atom. The Morgan fingerprint density at radius 3 is 2.88 bits per heavy atom.